The molecule has 8 nitrogen and oxygen atoms in total. The van der Waals surface area contributed by atoms with Crippen LogP contribution in [0.4, 0.5) is 11.4 Å². The Kier molecular flexibility index (Phi) is 23.3. The second-order valence-corrected chi connectivity index (χ2v) is 18.2. The molecule has 0 atom stereocenters. The highest BCUT2D eigenvalue weighted by atomic mass is 16.5. The number of hydrogen-bond donors (Lipinski definition) is 0. The number of ether oxygens (including phenoxy) is 4. The SMILES string of the molecule is CCCCCCCCCCCCOc1ccc(N=Cc2ccc(C(=O)Oc3ccc4c(OC(=O)c5ccc(C=Nc6ccc(OCCCCCCCCCCCC)cc6)cc5)cccc4c3)cc2)cc1. The molecule has 0 N–H and O–H groups in total. The largest absolute Gasteiger partial charge is 0.494 e. The van der Waals surface area contributed by atoms with E-state index in [2.05, 4.69) is 23.8 Å². The van der Waals surface area contributed by atoms with Crippen molar-refractivity contribution in [1.29, 1.82) is 0 Å². The highest BCUT2D eigenvalue weighted by Crippen LogP contribution is 2.30. The van der Waals surface area contributed by atoms with Gasteiger partial charge in [-0.3, -0.25) is 9.98 Å². The van der Waals surface area contributed by atoms with Crippen molar-refractivity contribution in [3.05, 3.63) is 156 Å². The van der Waals surface area contributed by atoms with Crippen molar-refractivity contribution in [2.45, 2.75) is 142 Å². The second-order valence-electron chi connectivity index (χ2n) is 18.2. The first kappa shape index (κ1) is 52.8. The monoisotopic (exact) mass is 943 g/mol. The predicted octanol–water partition coefficient (Wildman–Crippen LogP) is 17.4. The molecule has 368 valence electrons. The van der Waals surface area contributed by atoms with Crippen LogP contribution < -0.4 is 18.9 Å². The van der Waals surface area contributed by atoms with Crippen molar-refractivity contribution in [1.82, 2.24) is 0 Å². The average Bonchev–Trinajstić information content (AvgIpc) is 3.39. The zero-order valence-electron chi connectivity index (χ0n) is 41.8. The summed E-state index contributed by atoms with van der Waals surface area (Å²) in [7, 11) is 0. The van der Waals surface area contributed by atoms with Crippen LogP contribution in [-0.2, 0) is 0 Å². The summed E-state index contributed by atoms with van der Waals surface area (Å²) in [6.07, 6.45) is 29.6. The maximum absolute atomic E-state index is 13.2. The molecule has 0 aliphatic carbocycles. The molecule has 0 amide bonds. The fraction of sp³-hybridized carbons (Fsp3) is 0.387. The summed E-state index contributed by atoms with van der Waals surface area (Å²) < 4.78 is 23.5. The fourth-order valence-electron chi connectivity index (χ4n) is 8.23. The summed E-state index contributed by atoms with van der Waals surface area (Å²) in [6.45, 7) is 5.99. The van der Waals surface area contributed by atoms with Gasteiger partial charge in [0.15, 0.2) is 0 Å². The highest BCUT2D eigenvalue weighted by Gasteiger charge is 2.14. The molecule has 0 fully saturated rings. The fourth-order valence-corrected chi connectivity index (χ4v) is 8.23. The Morgan fingerprint density at radius 3 is 1.26 bits per heavy atom. The van der Waals surface area contributed by atoms with Gasteiger partial charge in [-0.25, -0.2) is 9.59 Å². The Labute approximate surface area is 417 Å². The minimum absolute atomic E-state index is 0.378. The van der Waals surface area contributed by atoms with E-state index in [4.69, 9.17) is 18.9 Å². The van der Waals surface area contributed by atoms with Crippen molar-refractivity contribution < 1.29 is 28.5 Å². The maximum atomic E-state index is 13.2. The number of benzene rings is 6. The van der Waals surface area contributed by atoms with Gasteiger partial charge in [-0.2, -0.15) is 0 Å². The standard InChI is InChI=1S/C62H74N2O6/c1-3-5-7-9-11-13-15-17-19-21-44-67-56-38-34-54(35-39-56)63-47-49-26-30-51(31-27-49)61(65)69-58-42-43-59-53(46-58)24-23-25-60(59)70-62(66)52-32-28-50(29-33-52)48-64-55-36-40-57(41-37-55)68-45-22-20-18-16-14-12-10-8-6-4-2/h23-43,46-48H,3-22,44-45H2,1-2H3. The minimum Gasteiger partial charge on any atom is -0.494 e. The lowest BCUT2D eigenvalue weighted by Crippen LogP contribution is -2.09. The van der Waals surface area contributed by atoms with E-state index in [1.807, 2.05) is 78.9 Å². The molecule has 70 heavy (non-hydrogen) atoms. The van der Waals surface area contributed by atoms with Crippen molar-refractivity contribution in [3.63, 3.8) is 0 Å². The maximum Gasteiger partial charge on any atom is 0.343 e. The van der Waals surface area contributed by atoms with Crippen molar-refractivity contribution >= 4 is 46.5 Å². The predicted molar refractivity (Wildman–Crippen MR) is 289 cm³/mol. The van der Waals surface area contributed by atoms with Gasteiger partial charge in [-0.1, -0.05) is 166 Å². The number of hydrogen-bond acceptors (Lipinski definition) is 8. The summed E-state index contributed by atoms with van der Waals surface area (Å²) in [5.41, 5.74) is 4.17. The van der Waals surface area contributed by atoms with E-state index >= 15 is 0 Å². The molecule has 0 aromatic heterocycles. The molecule has 8 heteroatoms. The zero-order valence-corrected chi connectivity index (χ0v) is 41.8. The Balaban J connectivity index is 0.891. The molecule has 0 unspecified atom stereocenters. The van der Waals surface area contributed by atoms with E-state index in [9.17, 15) is 9.59 Å². The number of esters is 2. The number of aliphatic imine (C=N–C) groups is 2. The van der Waals surface area contributed by atoms with Gasteiger partial charge >= 0.3 is 11.9 Å². The molecular weight excluding hydrogens is 869 g/mol. The summed E-state index contributed by atoms with van der Waals surface area (Å²) in [5.74, 6) is 1.53. The van der Waals surface area contributed by atoms with E-state index in [0.29, 0.717) is 28.0 Å². The van der Waals surface area contributed by atoms with Crippen LogP contribution in [0.15, 0.2) is 143 Å². The van der Waals surface area contributed by atoms with Gasteiger partial charge in [-0.15, -0.1) is 0 Å². The molecule has 0 aliphatic heterocycles. The summed E-state index contributed by atoms with van der Waals surface area (Å²) in [4.78, 5) is 35.6. The highest BCUT2D eigenvalue weighted by molar-refractivity contribution is 5.97. The third kappa shape index (κ3) is 19.1. The van der Waals surface area contributed by atoms with E-state index < -0.39 is 11.9 Å². The molecule has 0 aliphatic rings. The third-order valence-corrected chi connectivity index (χ3v) is 12.4. The lowest BCUT2D eigenvalue weighted by Gasteiger charge is -2.10. The van der Waals surface area contributed by atoms with Gasteiger partial charge in [0.2, 0.25) is 0 Å². The minimum atomic E-state index is -0.482. The van der Waals surface area contributed by atoms with Crippen LogP contribution in [0.1, 0.15) is 174 Å². The second kappa shape index (κ2) is 30.8. The van der Waals surface area contributed by atoms with Gasteiger partial charge in [-0.05, 0) is 126 Å². The number of fused-ring (bicyclic) bond motifs is 1. The van der Waals surface area contributed by atoms with E-state index in [-0.39, 0.29) is 0 Å². The molecule has 0 saturated carbocycles. The molecule has 0 radical (unpaired) electrons. The van der Waals surface area contributed by atoms with Gasteiger partial charge in [0.05, 0.1) is 35.7 Å². The van der Waals surface area contributed by atoms with Crippen LogP contribution in [0.3, 0.4) is 0 Å². The van der Waals surface area contributed by atoms with Crippen LogP contribution >= 0.6 is 0 Å². The molecule has 6 aromatic rings. The molecule has 0 spiro atoms. The van der Waals surface area contributed by atoms with E-state index in [0.717, 1.165) is 65.4 Å². The van der Waals surface area contributed by atoms with Crippen LogP contribution in [-0.4, -0.2) is 37.6 Å². The number of rotatable bonds is 32. The first-order chi connectivity index (χ1) is 34.5. The summed E-state index contributed by atoms with van der Waals surface area (Å²) >= 11 is 0. The van der Waals surface area contributed by atoms with Gasteiger partial charge in [0.1, 0.15) is 23.0 Å². The van der Waals surface area contributed by atoms with Crippen LogP contribution in [0.5, 0.6) is 23.0 Å². The van der Waals surface area contributed by atoms with E-state index in [1.165, 1.54) is 116 Å². The lowest BCUT2D eigenvalue weighted by atomic mass is 10.1. The third-order valence-electron chi connectivity index (χ3n) is 12.4. The molecule has 0 saturated heterocycles. The lowest BCUT2D eigenvalue weighted by molar-refractivity contribution is 0.0727. The molecular formula is C62H74N2O6. The van der Waals surface area contributed by atoms with Crippen molar-refractivity contribution in [3.8, 4) is 23.0 Å². The van der Waals surface area contributed by atoms with E-state index in [1.54, 1.807) is 67.0 Å². The Morgan fingerprint density at radius 2 is 0.814 bits per heavy atom. The topological polar surface area (TPSA) is 95.8 Å². The Bertz CT molecular complexity index is 2500. The number of carbonyl (C=O) groups is 2. The Hall–Kier alpha value is -6.54. The molecule has 6 rings (SSSR count). The Morgan fingerprint density at radius 1 is 0.414 bits per heavy atom. The first-order valence-electron chi connectivity index (χ1n) is 26.2. The van der Waals surface area contributed by atoms with Crippen molar-refractivity contribution in [2.24, 2.45) is 9.98 Å². The first-order valence-corrected chi connectivity index (χ1v) is 26.2. The number of unbranched alkanes of at least 4 members (excludes halogenated alkanes) is 18. The smallest absolute Gasteiger partial charge is 0.343 e. The van der Waals surface area contributed by atoms with Gasteiger partial charge in [0, 0.05) is 17.8 Å². The number of carbonyl (C=O) groups excluding carboxylic acids is 2. The van der Waals surface area contributed by atoms with Crippen molar-refractivity contribution in [2.75, 3.05) is 13.2 Å². The average molecular weight is 943 g/mol. The summed E-state index contributed by atoms with van der Waals surface area (Å²) in [5, 5.41) is 1.47. The molecule has 6 aromatic carbocycles. The molecule has 0 heterocycles. The van der Waals surface area contributed by atoms with Crippen LogP contribution in [0.25, 0.3) is 10.8 Å². The summed E-state index contributed by atoms with van der Waals surface area (Å²) in [6, 6.07) is 40.5. The van der Waals surface area contributed by atoms with Crippen LogP contribution in [0.2, 0.25) is 0 Å². The molecule has 0 bridgehead atoms. The zero-order chi connectivity index (χ0) is 48.9. The van der Waals surface area contributed by atoms with Crippen LogP contribution in [0, 0.1) is 0 Å². The van der Waals surface area contributed by atoms with Gasteiger partial charge < -0.3 is 18.9 Å². The quantitative estimate of drug-likeness (QED) is 0.0181. The number of nitrogens with zero attached hydrogens (tertiary/aromatic N) is 2. The normalized spacial score (nSPS) is 11.4. The van der Waals surface area contributed by atoms with Gasteiger partial charge in [0.25, 0.3) is 0 Å².